The van der Waals surface area contributed by atoms with E-state index in [2.05, 4.69) is 5.32 Å². The van der Waals surface area contributed by atoms with Gasteiger partial charge in [-0.3, -0.25) is 4.79 Å². The van der Waals surface area contributed by atoms with E-state index in [0.717, 1.165) is 10.9 Å². The Morgan fingerprint density at radius 3 is 2.54 bits per heavy atom. The highest BCUT2D eigenvalue weighted by Gasteiger charge is 2.24. The Hall–Kier alpha value is -2.83. The normalized spacial score (nSPS) is 13.4. The van der Waals surface area contributed by atoms with Crippen molar-refractivity contribution in [3.63, 3.8) is 0 Å². The van der Waals surface area contributed by atoms with Gasteiger partial charge in [-0.25, -0.2) is 9.59 Å². The van der Waals surface area contributed by atoms with Gasteiger partial charge in [-0.15, -0.1) is 0 Å². The van der Waals surface area contributed by atoms with Gasteiger partial charge in [0.05, 0.1) is 0 Å². The molecule has 0 fully saturated rings. The first kappa shape index (κ1) is 19.5. The second kappa shape index (κ2) is 8.03. The second-order valence-electron chi connectivity index (χ2n) is 6.70. The predicted octanol–water partition coefficient (Wildman–Crippen LogP) is 2.48. The molecule has 0 aliphatic carbocycles. The number of ether oxygens (including phenoxy) is 1. The van der Waals surface area contributed by atoms with Gasteiger partial charge in [-0.1, -0.05) is 13.8 Å². The first-order valence-corrected chi connectivity index (χ1v) is 8.41. The van der Waals surface area contributed by atoms with Crippen LogP contribution >= 0.6 is 0 Å². The number of aliphatic carboxylic acids is 1. The van der Waals surface area contributed by atoms with Crippen LogP contribution in [-0.4, -0.2) is 29.1 Å². The van der Waals surface area contributed by atoms with Gasteiger partial charge in [-0.2, -0.15) is 0 Å². The van der Waals surface area contributed by atoms with Crippen LogP contribution in [0, 0.1) is 12.8 Å². The lowest BCUT2D eigenvalue weighted by molar-refractivity contribution is -0.143. The molecule has 0 spiro atoms. The highest BCUT2D eigenvalue weighted by Crippen LogP contribution is 2.23. The summed E-state index contributed by atoms with van der Waals surface area (Å²) in [6.07, 6.45) is -0.577. The second-order valence-corrected chi connectivity index (χ2v) is 6.70. The third-order valence-electron chi connectivity index (χ3n) is 3.93. The minimum Gasteiger partial charge on any atom is -0.481 e. The molecule has 0 saturated carbocycles. The monoisotopic (exact) mass is 361 g/mol. The summed E-state index contributed by atoms with van der Waals surface area (Å²) in [5.74, 6) is -1.13. The van der Waals surface area contributed by atoms with E-state index in [1.165, 1.54) is 19.1 Å². The zero-order valence-corrected chi connectivity index (χ0v) is 15.2. The number of amides is 1. The standard InChI is InChI=1S/C19H23NO6/c1-10(2)7-15(19(23)24)20-18(22)12(4)25-13-5-6-14-11(3)8-17(21)26-16(14)9-13/h5-6,8-10,12,15H,7H2,1-4H3,(H,20,22)(H,23,24)/t12?,15-/m1/s1. The number of carbonyl (C=O) groups excluding carboxylic acids is 1. The lowest BCUT2D eigenvalue weighted by Gasteiger charge is -2.20. The quantitative estimate of drug-likeness (QED) is 0.734. The molecule has 7 heteroatoms. The van der Waals surface area contributed by atoms with Crippen LogP contribution in [0.5, 0.6) is 5.75 Å². The maximum Gasteiger partial charge on any atom is 0.336 e. The van der Waals surface area contributed by atoms with Crippen LogP contribution < -0.4 is 15.7 Å². The lowest BCUT2D eigenvalue weighted by atomic mass is 10.0. The summed E-state index contributed by atoms with van der Waals surface area (Å²) in [4.78, 5) is 35.0. The summed E-state index contributed by atoms with van der Waals surface area (Å²) >= 11 is 0. The Balaban J connectivity index is 2.12. The van der Waals surface area contributed by atoms with Crippen molar-refractivity contribution in [2.45, 2.75) is 46.3 Å². The van der Waals surface area contributed by atoms with Crippen LogP contribution in [0.15, 0.2) is 33.5 Å². The SMILES string of the molecule is Cc1cc(=O)oc2cc(OC(C)C(=O)N[C@H](CC(C)C)C(=O)O)ccc12. The molecule has 1 aromatic heterocycles. The van der Waals surface area contributed by atoms with E-state index < -0.39 is 29.6 Å². The number of aryl methyl sites for hydroxylation is 1. The zero-order valence-electron chi connectivity index (χ0n) is 15.2. The van der Waals surface area contributed by atoms with Gasteiger partial charge in [0.2, 0.25) is 0 Å². The van der Waals surface area contributed by atoms with Crippen LogP contribution in [0.1, 0.15) is 32.8 Å². The fraction of sp³-hybridized carbons (Fsp3) is 0.421. The molecule has 26 heavy (non-hydrogen) atoms. The molecule has 2 aromatic rings. The Kier molecular flexibility index (Phi) is 6.02. The smallest absolute Gasteiger partial charge is 0.336 e. The molecule has 7 nitrogen and oxygen atoms in total. The van der Waals surface area contributed by atoms with Crippen molar-refractivity contribution in [3.8, 4) is 5.75 Å². The number of hydrogen-bond donors (Lipinski definition) is 2. The number of carbonyl (C=O) groups is 2. The molecule has 2 atom stereocenters. The van der Waals surface area contributed by atoms with Gasteiger partial charge >= 0.3 is 11.6 Å². The van der Waals surface area contributed by atoms with Crippen molar-refractivity contribution in [2.75, 3.05) is 0 Å². The van der Waals surface area contributed by atoms with E-state index >= 15 is 0 Å². The van der Waals surface area contributed by atoms with Crippen molar-refractivity contribution in [1.29, 1.82) is 0 Å². The molecule has 140 valence electrons. The Labute approximate surface area is 151 Å². The third kappa shape index (κ3) is 4.84. The highest BCUT2D eigenvalue weighted by atomic mass is 16.5. The predicted molar refractivity (Wildman–Crippen MR) is 96.3 cm³/mol. The maximum atomic E-state index is 12.2. The summed E-state index contributed by atoms with van der Waals surface area (Å²) in [6, 6.07) is 5.38. The first-order chi connectivity index (χ1) is 12.2. The van der Waals surface area contributed by atoms with Gasteiger partial charge in [0.1, 0.15) is 17.4 Å². The van der Waals surface area contributed by atoms with Gasteiger partial charge in [0.15, 0.2) is 6.10 Å². The molecule has 0 radical (unpaired) electrons. The number of carboxylic acids is 1. The molecular formula is C19H23NO6. The minimum absolute atomic E-state index is 0.124. The van der Waals surface area contributed by atoms with Crippen molar-refractivity contribution in [3.05, 3.63) is 40.2 Å². The number of rotatable bonds is 7. The molecule has 1 heterocycles. The highest BCUT2D eigenvalue weighted by molar-refractivity contribution is 5.86. The van der Waals surface area contributed by atoms with Crippen LogP contribution in [-0.2, 0) is 9.59 Å². The van der Waals surface area contributed by atoms with E-state index in [4.69, 9.17) is 9.15 Å². The van der Waals surface area contributed by atoms with Crippen LogP contribution in [0.4, 0.5) is 0 Å². The number of fused-ring (bicyclic) bond motifs is 1. The average molecular weight is 361 g/mol. The number of carboxylic acid groups (broad SMARTS) is 1. The van der Waals surface area contributed by atoms with E-state index in [1.807, 2.05) is 13.8 Å². The van der Waals surface area contributed by atoms with Crippen molar-refractivity contribution < 1.29 is 23.8 Å². The minimum atomic E-state index is -1.08. The summed E-state index contributed by atoms with van der Waals surface area (Å²) in [7, 11) is 0. The fourth-order valence-corrected chi connectivity index (χ4v) is 2.62. The third-order valence-corrected chi connectivity index (χ3v) is 3.93. The zero-order chi connectivity index (χ0) is 19.4. The molecule has 0 aliphatic rings. The van der Waals surface area contributed by atoms with Crippen LogP contribution in [0.2, 0.25) is 0 Å². The molecule has 0 saturated heterocycles. The Morgan fingerprint density at radius 1 is 1.23 bits per heavy atom. The topological polar surface area (TPSA) is 106 Å². The largest absolute Gasteiger partial charge is 0.481 e. The molecule has 2 rings (SSSR count). The Morgan fingerprint density at radius 2 is 1.92 bits per heavy atom. The van der Waals surface area contributed by atoms with E-state index in [-0.39, 0.29) is 5.92 Å². The summed E-state index contributed by atoms with van der Waals surface area (Å²) in [6.45, 7) is 7.09. The fourth-order valence-electron chi connectivity index (χ4n) is 2.62. The molecule has 0 aliphatic heterocycles. The van der Waals surface area contributed by atoms with Crippen molar-refractivity contribution in [2.24, 2.45) is 5.92 Å². The van der Waals surface area contributed by atoms with Gasteiger partial charge in [-0.05, 0) is 43.9 Å². The molecule has 0 bridgehead atoms. The van der Waals surface area contributed by atoms with Crippen molar-refractivity contribution in [1.82, 2.24) is 5.32 Å². The molecule has 1 unspecified atom stereocenters. The summed E-state index contributed by atoms with van der Waals surface area (Å²) < 4.78 is 10.7. The maximum absolute atomic E-state index is 12.2. The van der Waals surface area contributed by atoms with E-state index in [1.54, 1.807) is 19.1 Å². The molecule has 1 aromatic carbocycles. The average Bonchev–Trinajstić information content (AvgIpc) is 2.52. The summed E-state index contributed by atoms with van der Waals surface area (Å²) in [5, 5.41) is 12.5. The molecule has 2 N–H and O–H groups in total. The number of nitrogens with one attached hydrogen (secondary N) is 1. The van der Waals surface area contributed by atoms with Gasteiger partial charge in [0, 0.05) is 17.5 Å². The van der Waals surface area contributed by atoms with Crippen LogP contribution in [0.25, 0.3) is 11.0 Å². The first-order valence-electron chi connectivity index (χ1n) is 8.41. The van der Waals surface area contributed by atoms with Crippen LogP contribution in [0.3, 0.4) is 0 Å². The molecule has 1 amide bonds. The summed E-state index contributed by atoms with van der Waals surface area (Å²) in [5.41, 5.74) is 0.686. The number of benzene rings is 1. The van der Waals surface area contributed by atoms with Crippen molar-refractivity contribution >= 4 is 22.8 Å². The van der Waals surface area contributed by atoms with E-state index in [0.29, 0.717) is 17.8 Å². The molecular weight excluding hydrogens is 338 g/mol. The Bertz CT molecular complexity index is 870. The number of hydrogen-bond acceptors (Lipinski definition) is 5. The van der Waals surface area contributed by atoms with Gasteiger partial charge in [0.25, 0.3) is 5.91 Å². The lowest BCUT2D eigenvalue weighted by Crippen LogP contribution is -2.46. The van der Waals surface area contributed by atoms with Gasteiger partial charge < -0.3 is 19.6 Å². The van der Waals surface area contributed by atoms with E-state index in [9.17, 15) is 19.5 Å².